The zero-order valence-electron chi connectivity index (χ0n) is 15.6. The molecule has 0 saturated carbocycles. The maximum absolute atomic E-state index is 13.0. The van der Waals surface area contributed by atoms with Gasteiger partial charge in [0.2, 0.25) is 10.0 Å². The van der Waals surface area contributed by atoms with Crippen molar-refractivity contribution >= 4 is 31.4 Å². The molecule has 10 heteroatoms. The molecule has 1 saturated heterocycles. The summed E-state index contributed by atoms with van der Waals surface area (Å²) in [7, 11) is -4.65. The zero-order valence-corrected chi connectivity index (χ0v) is 17.2. The highest BCUT2D eigenvalue weighted by atomic mass is 32.2. The van der Waals surface area contributed by atoms with Crippen LogP contribution in [-0.4, -0.2) is 43.4 Å². The third-order valence-corrected chi connectivity index (χ3v) is 7.67. The normalized spacial score (nSPS) is 16.4. The zero-order chi connectivity index (χ0) is 20.4. The van der Waals surface area contributed by atoms with Crippen molar-refractivity contribution in [2.45, 2.75) is 17.7 Å². The number of hydrogen-bond donors (Lipinski definition) is 1. The number of sulfonamides is 2. The van der Waals surface area contributed by atoms with Crippen LogP contribution in [0.15, 0.2) is 47.4 Å². The van der Waals surface area contributed by atoms with E-state index >= 15 is 0 Å². The number of anilines is 2. The Hall–Kier alpha value is -2.46. The number of nitrogens with zero attached hydrogens (tertiary/aromatic N) is 1. The minimum atomic E-state index is -4.03. The Labute approximate surface area is 165 Å². The van der Waals surface area contributed by atoms with Crippen LogP contribution in [0.2, 0.25) is 0 Å². The molecule has 0 bridgehead atoms. The van der Waals surface area contributed by atoms with Gasteiger partial charge in [0.1, 0.15) is 16.4 Å². The molecule has 1 heterocycles. The van der Waals surface area contributed by atoms with Crippen molar-refractivity contribution in [1.29, 1.82) is 0 Å². The predicted molar refractivity (Wildman–Crippen MR) is 107 cm³/mol. The van der Waals surface area contributed by atoms with Gasteiger partial charge in [0.05, 0.1) is 31.3 Å². The summed E-state index contributed by atoms with van der Waals surface area (Å²) in [6.45, 7) is 0.317. The molecule has 0 unspecified atom stereocenters. The Morgan fingerprint density at radius 3 is 2.50 bits per heavy atom. The first-order valence-corrected chi connectivity index (χ1v) is 11.7. The standard InChI is InChI=1S/C18H22N2O6S2/c1-25-16-7-5-6-14(12-16)19-28(23,24)18-13-15(8-9-17(18)26-2)20-10-3-4-11-27(20,21)22/h5-9,12-13,19H,3-4,10-11H2,1-2H3. The third kappa shape index (κ3) is 4.17. The summed E-state index contributed by atoms with van der Waals surface area (Å²) in [6.07, 6.45) is 1.31. The van der Waals surface area contributed by atoms with Gasteiger partial charge in [-0.05, 0) is 43.2 Å². The second kappa shape index (κ2) is 7.88. The Balaban J connectivity index is 2.01. The first-order chi connectivity index (χ1) is 13.3. The molecule has 0 atom stereocenters. The quantitative estimate of drug-likeness (QED) is 0.761. The van der Waals surface area contributed by atoms with Crippen molar-refractivity contribution < 1.29 is 26.3 Å². The van der Waals surface area contributed by atoms with Crippen molar-refractivity contribution in [2.24, 2.45) is 0 Å². The molecule has 0 spiro atoms. The molecule has 0 aliphatic carbocycles. The highest BCUT2D eigenvalue weighted by Crippen LogP contribution is 2.33. The van der Waals surface area contributed by atoms with Gasteiger partial charge < -0.3 is 9.47 Å². The van der Waals surface area contributed by atoms with E-state index in [0.717, 1.165) is 6.42 Å². The lowest BCUT2D eigenvalue weighted by Gasteiger charge is -2.28. The Kier molecular flexibility index (Phi) is 5.71. The van der Waals surface area contributed by atoms with E-state index in [2.05, 4.69) is 4.72 Å². The van der Waals surface area contributed by atoms with Crippen molar-refractivity contribution in [3.05, 3.63) is 42.5 Å². The fourth-order valence-electron chi connectivity index (χ4n) is 3.01. The van der Waals surface area contributed by atoms with Gasteiger partial charge >= 0.3 is 0 Å². The van der Waals surface area contributed by atoms with Crippen LogP contribution >= 0.6 is 0 Å². The van der Waals surface area contributed by atoms with Crippen LogP contribution in [-0.2, 0) is 20.0 Å². The summed E-state index contributed by atoms with van der Waals surface area (Å²) < 4.78 is 64.7. The maximum atomic E-state index is 13.0. The molecule has 1 aliphatic rings. The molecular weight excluding hydrogens is 404 g/mol. The molecule has 8 nitrogen and oxygen atoms in total. The van der Waals surface area contributed by atoms with E-state index in [1.165, 1.54) is 30.7 Å². The van der Waals surface area contributed by atoms with E-state index in [1.807, 2.05) is 0 Å². The van der Waals surface area contributed by atoms with Gasteiger partial charge in [-0.25, -0.2) is 16.8 Å². The van der Waals surface area contributed by atoms with Gasteiger partial charge in [-0.1, -0.05) is 6.07 Å². The Morgan fingerprint density at radius 2 is 1.82 bits per heavy atom. The minimum Gasteiger partial charge on any atom is -0.497 e. The van der Waals surface area contributed by atoms with Crippen molar-refractivity contribution in [2.75, 3.05) is 35.5 Å². The summed E-state index contributed by atoms with van der Waals surface area (Å²) in [5.41, 5.74) is 0.615. The van der Waals surface area contributed by atoms with Crippen LogP contribution in [0, 0.1) is 0 Å². The van der Waals surface area contributed by atoms with Gasteiger partial charge in [-0.15, -0.1) is 0 Å². The van der Waals surface area contributed by atoms with Gasteiger partial charge in [0.15, 0.2) is 0 Å². The van der Waals surface area contributed by atoms with E-state index in [4.69, 9.17) is 9.47 Å². The summed E-state index contributed by atoms with van der Waals surface area (Å²) in [6, 6.07) is 10.8. The van der Waals surface area contributed by atoms with Crippen LogP contribution in [0.1, 0.15) is 12.8 Å². The van der Waals surface area contributed by atoms with E-state index in [0.29, 0.717) is 30.1 Å². The van der Waals surface area contributed by atoms with Crippen molar-refractivity contribution in [3.8, 4) is 11.5 Å². The molecule has 0 aromatic heterocycles. The largest absolute Gasteiger partial charge is 0.497 e. The van der Waals surface area contributed by atoms with E-state index < -0.39 is 20.0 Å². The minimum absolute atomic E-state index is 0.0448. The SMILES string of the molecule is COc1cccc(NS(=O)(=O)c2cc(N3CCCCS3(=O)=O)ccc2OC)c1. The monoisotopic (exact) mass is 426 g/mol. The van der Waals surface area contributed by atoms with Gasteiger partial charge in [0.25, 0.3) is 10.0 Å². The van der Waals surface area contributed by atoms with E-state index in [1.54, 1.807) is 30.3 Å². The fourth-order valence-corrected chi connectivity index (χ4v) is 5.88. The summed E-state index contributed by atoms with van der Waals surface area (Å²) in [4.78, 5) is -0.143. The third-order valence-electron chi connectivity index (χ3n) is 4.40. The Bertz CT molecular complexity index is 1070. The van der Waals surface area contributed by atoms with E-state index in [-0.39, 0.29) is 16.4 Å². The van der Waals surface area contributed by atoms with Gasteiger partial charge in [-0.2, -0.15) is 0 Å². The lowest BCUT2D eigenvalue weighted by molar-refractivity contribution is 0.403. The molecule has 1 N–H and O–H groups in total. The lowest BCUT2D eigenvalue weighted by atomic mass is 10.2. The highest BCUT2D eigenvalue weighted by Gasteiger charge is 2.28. The summed E-state index contributed by atoms with van der Waals surface area (Å²) in [5.74, 6) is 0.664. The van der Waals surface area contributed by atoms with E-state index in [9.17, 15) is 16.8 Å². The number of hydrogen-bond acceptors (Lipinski definition) is 6. The second-order valence-electron chi connectivity index (χ2n) is 6.27. The molecule has 2 aromatic rings. The topological polar surface area (TPSA) is 102 Å². The average molecular weight is 427 g/mol. The first kappa shape index (κ1) is 20.3. The molecule has 0 radical (unpaired) electrons. The van der Waals surface area contributed by atoms with Crippen LogP contribution in [0.5, 0.6) is 11.5 Å². The smallest absolute Gasteiger partial charge is 0.265 e. The van der Waals surface area contributed by atoms with Crippen LogP contribution in [0.25, 0.3) is 0 Å². The Morgan fingerprint density at radius 1 is 1.04 bits per heavy atom. The molecule has 1 aliphatic heterocycles. The molecule has 28 heavy (non-hydrogen) atoms. The lowest BCUT2D eigenvalue weighted by Crippen LogP contribution is -2.37. The van der Waals surface area contributed by atoms with Crippen molar-refractivity contribution in [1.82, 2.24) is 0 Å². The predicted octanol–water partition coefficient (Wildman–Crippen LogP) is 2.43. The number of methoxy groups -OCH3 is 2. The number of rotatable bonds is 6. The van der Waals surface area contributed by atoms with Gasteiger partial charge in [0, 0.05) is 12.6 Å². The number of ether oxygens (including phenoxy) is 2. The van der Waals surface area contributed by atoms with Crippen LogP contribution < -0.4 is 18.5 Å². The molecule has 1 fully saturated rings. The average Bonchev–Trinajstić information content (AvgIpc) is 2.67. The number of benzene rings is 2. The second-order valence-corrected chi connectivity index (χ2v) is 9.93. The highest BCUT2D eigenvalue weighted by molar-refractivity contribution is 7.93. The molecule has 3 rings (SSSR count). The summed E-state index contributed by atoms with van der Waals surface area (Å²) >= 11 is 0. The van der Waals surface area contributed by atoms with Crippen molar-refractivity contribution in [3.63, 3.8) is 0 Å². The van der Waals surface area contributed by atoms with Crippen LogP contribution in [0.3, 0.4) is 0 Å². The van der Waals surface area contributed by atoms with Crippen LogP contribution in [0.4, 0.5) is 11.4 Å². The maximum Gasteiger partial charge on any atom is 0.265 e. The molecule has 2 aromatic carbocycles. The van der Waals surface area contributed by atoms with Gasteiger partial charge in [-0.3, -0.25) is 9.03 Å². The molecule has 152 valence electrons. The molecular formula is C18H22N2O6S2. The number of nitrogens with one attached hydrogen (secondary N) is 1. The first-order valence-electron chi connectivity index (χ1n) is 8.62. The molecule has 0 amide bonds. The summed E-state index contributed by atoms with van der Waals surface area (Å²) in [5, 5.41) is 0. The fraction of sp³-hybridized carbons (Fsp3) is 0.333.